The Bertz CT molecular complexity index is 1030. The highest BCUT2D eigenvalue weighted by atomic mass is 16.5. The van der Waals surface area contributed by atoms with Crippen molar-refractivity contribution < 1.29 is 19.1 Å². The zero-order valence-electron chi connectivity index (χ0n) is 26.2. The van der Waals surface area contributed by atoms with Crippen LogP contribution in [0.15, 0.2) is 23.0 Å². The number of hydrogen-bond acceptors (Lipinski definition) is 4. The van der Waals surface area contributed by atoms with Gasteiger partial charge in [-0.2, -0.15) is 0 Å². The first-order valence-electron chi connectivity index (χ1n) is 16.6. The molecule has 5 heteroatoms. The van der Waals surface area contributed by atoms with Gasteiger partial charge in [-0.3, -0.25) is 9.59 Å². The molecule has 0 bridgehead atoms. The van der Waals surface area contributed by atoms with Gasteiger partial charge in [0.25, 0.3) is 0 Å². The maximum atomic E-state index is 12.4. The molecule has 0 aromatic heterocycles. The first kappa shape index (κ1) is 29.7. The van der Waals surface area contributed by atoms with Crippen LogP contribution in [0.5, 0.6) is 0 Å². The minimum atomic E-state index is 0.00671. The fourth-order valence-electron chi connectivity index (χ4n) is 9.87. The topological polar surface area (TPSA) is 64.6 Å². The lowest BCUT2D eigenvalue weighted by molar-refractivity contribution is -0.151. The molecule has 1 heterocycles. The predicted molar refractivity (Wildman–Crippen MR) is 159 cm³/mol. The van der Waals surface area contributed by atoms with Crippen LogP contribution in [0.1, 0.15) is 125 Å². The second kappa shape index (κ2) is 11.8. The molecule has 3 saturated carbocycles. The van der Waals surface area contributed by atoms with E-state index in [0.717, 1.165) is 75.7 Å². The Morgan fingerprint density at radius 3 is 2.73 bits per heavy atom. The normalized spacial score (nSPS) is 38.8. The Balaban J connectivity index is 1.23. The highest BCUT2D eigenvalue weighted by Crippen LogP contribution is 2.69. The highest BCUT2D eigenvalue weighted by Gasteiger charge is 2.63. The maximum Gasteiger partial charge on any atom is 0.306 e. The molecule has 0 aromatic rings. The molecule has 0 radical (unpaired) electrons. The van der Waals surface area contributed by atoms with Gasteiger partial charge in [-0.25, -0.2) is 0 Å². The molecule has 0 unspecified atom stereocenters. The van der Waals surface area contributed by atoms with Crippen molar-refractivity contribution in [1.82, 2.24) is 5.32 Å². The average molecular weight is 554 g/mol. The number of unbranched alkanes of at least 4 members (excludes halogenated alkanes) is 2. The number of rotatable bonds is 10. The van der Waals surface area contributed by atoms with Crippen molar-refractivity contribution in [1.29, 1.82) is 0 Å². The highest BCUT2D eigenvalue weighted by molar-refractivity contribution is 5.72. The van der Waals surface area contributed by atoms with Crippen molar-refractivity contribution >= 4 is 11.9 Å². The molecule has 3 fully saturated rings. The molecule has 224 valence electrons. The van der Waals surface area contributed by atoms with E-state index in [9.17, 15) is 9.59 Å². The number of carbonyl (C=O) groups excluding carboxylic acids is 2. The van der Waals surface area contributed by atoms with Crippen LogP contribution in [-0.2, 0) is 19.1 Å². The molecule has 5 nitrogen and oxygen atoms in total. The standard InChI is InChI=1S/C35H55NO4/c1-7-8-9-10-32(38)39-26-15-17-34(5)25(19-26)12-13-27-28(34)16-18-35(6)29(27)20-31-33(35)23(3)30(40-31)14-11-22(2)21-36-24(4)37/h12,22,26-29,31,33H,7-11,13-21H2,1-6H3,(H,36,37)/t22-,26-,27+,28-,29-,31-,33-,34-,35-/m0/s1. The number of esters is 1. The van der Waals surface area contributed by atoms with Crippen LogP contribution in [0.25, 0.3) is 0 Å². The Morgan fingerprint density at radius 1 is 1.18 bits per heavy atom. The van der Waals surface area contributed by atoms with Crippen molar-refractivity contribution in [2.45, 2.75) is 137 Å². The summed E-state index contributed by atoms with van der Waals surface area (Å²) in [5, 5.41) is 2.96. The first-order chi connectivity index (χ1) is 19.1. The molecular formula is C35H55NO4. The number of fused-ring (bicyclic) bond motifs is 7. The molecule has 4 aliphatic carbocycles. The van der Waals surface area contributed by atoms with Crippen LogP contribution in [0, 0.1) is 40.4 Å². The van der Waals surface area contributed by atoms with E-state index in [0.29, 0.717) is 29.8 Å². The summed E-state index contributed by atoms with van der Waals surface area (Å²) in [6, 6.07) is 0. The minimum Gasteiger partial charge on any atom is -0.494 e. The summed E-state index contributed by atoms with van der Waals surface area (Å²) in [4.78, 5) is 23.7. The molecule has 1 amide bonds. The third-order valence-corrected chi connectivity index (χ3v) is 12.1. The molecule has 0 aromatic carbocycles. The summed E-state index contributed by atoms with van der Waals surface area (Å²) in [7, 11) is 0. The third kappa shape index (κ3) is 5.52. The van der Waals surface area contributed by atoms with Crippen molar-refractivity contribution in [2.24, 2.45) is 40.4 Å². The predicted octanol–water partition coefficient (Wildman–Crippen LogP) is 7.89. The van der Waals surface area contributed by atoms with Crippen molar-refractivity contribution in [3.8, 4) is 0 Å². The van der Waals surface area contributed by atoms with Gasteiger partial charge >= 0.3 is 5.97 Å². The Labute approximate surface area is 243 Å². The van der Waals surface area contributed by atoms with Gasteiger partial charge in [-0.15, -0.1) is 0 Å². The van der Waals surface area contributed by atoms with Gasteiger partial charge in [0, 0.05) is 38.6 Å². The summed E-state index contributed by atoms with van der Waals surface area (Å²) in [6.07, 6.45) is 16.9. The van der Waals surface area contributed by atoms with Gasteiger partial charge in [-0.1, -0.05) is 52.2 Å². The number of hydrogen-bond donors (Lipinski definition) is 1. The molecular weight excluding hydrogens is 498 g/mol. The van der Waals surface area contributed by atoms with Crippen LogP contribution in [0.4, 0.5) is 0 Å². The SMILES string of the molecule is CCCCCC(=O)O[C@H]1CC[C@@]2(C)C(=CC[C@H]3[C@@H]4C[C@@H]5OC(CC[C@H](C)CNC(C)=O)=C(C)[C@@H]5[C@@]4(C)CC[C@@H]32)C1. The van der Waals surface area contributed by atoms with Gasteiger partial charge < -0.3 is 14.8 Å². The third-order valence-electron chi connectivity index (χ3n) is 12.1. The van der Waals surface area contributed by atoms with Crippen LogP contribution in [0.3, 0.4) is 0 Å². The van der Waals surface area contributed by atoms with E-state index in [2.05, 4.69) is 46.0 Å². The van der Waals surface area contributed by atoms with Gasteiger partial charge in [0.2, 0.25) is 5.91 Å². The van der Waals surface area contributed by atoms with Crippen LogP contribution in [-0.4, -0.2) is 30.6 Å². The van der Waals surface area contributed by atoms with Gasteiger partial charge in [0.1, 0.15) is 12.2 Å². The van der Waals surface area contributed by atoms with E-state index in [1.165, 1.54) is 37.0 Å². The Kier molecular flexibility index (Phi) is 8.79. The van der Waals surface area contributed by atoms with Crippen molar-refractivity contribution in [3.05, 3.63) is 23.0 Å². The number of nitrogens with one attached hydrogen (secondary N) is 1. The average Bonchev–Trinajstić information content (AvgIpc) is 3.39. The quantitative estimate of drug-likeness (QED) is 0.170. The zero-order valence-corrected chi connectivity index (χ0v) is 26.2. The fraction of sp³-hybridized carbons (Fsp3) is 0.829. The molecule has 40 heavy (non-hydrogen) atoms. The van der Waals surface area contributed by atoms with E-state index >= 15 is 0 Å². The van der Waals surface area contributed by atoms with Crippen molar-refractivity contribution in [3.63, 3.8) is 0 Å². The lowest BCUT2D eigenvalue weighted by Gasteiger charge is -2.58. The van der Waals surface area contributed by atoms with Crippen LogP contribution >= 0.6 is 0 Å². The smallest absolute Gasteiger partial charge is 0.306 e. The molecule has 5 rings (SSSR count). The molecule has 9 atom stereocenters. The minimum absolute atomic E-state index is 0.00671. The van der Waals surface area contributed by atoms with Crippen LogP contribution < -0.4 is 5.32 Å². The van der Waals surface area contributed by atoms with E-state index < -0.39 is 0 Å². The molecule has 1 aliphatic heterocycles. The van der Waals surface area contributed by atoms with E-state index in [1.807, 2.05) is 0 Å². The summed E-state index contributed by atoms with van der Waals surface area (Å²) >= 11 is 0. The first-order valence-corrected chi connectivity index (χ1v) is 16.6. The number of ether oxygens (including phenoxy) is 2. The van der Waals surface area contributed by atoms with Gasteiger partial charge in [0.15, 0.2) is 0 Å². The molecule has 1 N–H and O–H groups in total. The van der Waals surface area contributed by atoms with E-state index in [1.54, 1.807) is 12.5 Å². The lowest BCUT2D eigenvalue weighted by Crippen LogP contribution is -2.50. The second-order valence-electron chi connectivity index (χ2n) is 14.7. The van der Waals surface area contributed by atoms with Crippen LogP contribution in [0.2, 0.25) is 0 Å². The summed E-state index contributed by atoms with van der Waals surface area (Å²) in [5.74, 6) is 4.51. The zero-order chi connectivity index (χ0) is 28.7. The number of carbonyl (C=O) groups is 2. The van der Waals surface area contributed by atoms with Gasteiger partial charge in [0.05, 0.1) is 5.76 Å². The van der Waals surface area contributed by atoms with E-state index in [4.69, 9.17) is 9.47 Å². The number of allylic oxidation sites excluding steroid dienone is 2. The molecule has 0 saturated heterocycles. The summed E-state index contributed by atoms with van der Waals surface area (Å²) in [5.41, 5.74) is 3.68. The largest absolute Gasteiger partial charge is 0.494 e. The summed E-state index contributed by atoms with van der Waals surface area (Å²) < 4.78 is 12.7. The summed E-state index contributed by atoms with van der Waals surface area (Å²) in [6.45, 7) is 14.2. The Morgan fingerprint density at radius 2 is 1.98 bits per heavy atom. The maximum absolute atomic E-state index is 12.4. The van der Waals surface area contributed by atoms with E-state index in [-0.39, 0.29) is 23.4 Å². The fourth-order valence-corrected chi connectivity index (χ4v) is 9.87. The second-order valence-corrected chi connectivity index (χ2v) is 14.7. The van der Waals surface area contributed by atoms with Crippen molar-refractivity contribution in [2.75, 3.05) is 6.54 Å². The number of amides is 1. The molecule has 5 aliphatic rings. The molecule has 0 spiro atoms. The monoisotopic (exact) mass is 553 g/mol. The van der Waals surface area contributed by atoms with Gasteiger partial charge in [-0.05, 0) is 98.4 Å². The lowest BCUT2D eigenvalue weighted by atomic mass is 9.47. The Hall–Kier alpha value is -1.78.